The van der Waals surface area contributed by atoms with Crippen molar-refractivity contribution < 1.29 is 14.4 Å². The summed E-state index contributed by atoms with van der Waals surface area (Å²) in [4.78, 5) is 34.6. The zero-order chi connectivity index (χ0) is 13.3. The fourth-order valence-corrected chi connectivity index (χ4v) is 2.37. The molecule has 0 aliphatic heterocycles. The Labute approximate surface area is 109 Å². The number of carbonyl (C=O) groups excluding carboxylic acids is 3. The lowest BCUT2D eigenvalue weighted by Crippen LogP contribution is -2.15. The van der Waals surface area contributed by atoms with E-state index in [4.69, 9.17) is 0 Å². The molecule has 1 aromatic rings. The fourth-order valence-electron chi connectivity index (χ4n) is 1.82. The lowest BCUT2D eigenvalue weighted by atomic mass is 9.89. The summed E-state index contributed by atoms with van der Waals surface area (Å²) in [6.07, 6.45) is 1.37. The molecule has 0 atom stereocenters. The smallest absolute Gasteiger partial charge is 0.189 e. The molecule has 1 aliphatic carbocycles. The van der Waals surface area contributed by atoms with Crippen LogP contribution in [0, 0.1) is 0 Å². The SMILES string of the molecule is CC(=O)SCc1ccc2c(c1)C(=O)C(C)=CC2=O. The predicted octanol–water partition coefficient (Wildman–Crippen LogP) is 2.79. The zero-order valence-corrected chi connectivity index (χ0v) is 11.0. The highest BCUT2D eigenvalue weighted by atomic mass is 32.2. The van der Waals surface area contributed by atoms with Crippen molar-refractivity contribution in [3.63, 3.8) is 0 Å². The van der Waals surface area contributed by atoms with Gasteiger partial charge in [0, 0.05) is 29.4 Å². The van der Waals surface area contributed by atoms with Crippen molar-refractivity contribution in [3.8, 4) is 0 Å². The maximum absolute atomic E-state index is 12.0. The number of ketones is 2. The van der Waals surface area contributed by atoms with Crippen LogP contribution in [0.4, 0.5) is 0 Å². The van der Waals surface area contributed by atoms with E-state index in [1.54, 1.807) is 25.1 Å². The third-order valence-electron chi connectivity index (χ3n) is 2.74. The Balaban J connectivity index is 2.36. The van der Waals surface area contributed by atoms with Gasteiger partial charge in [0.05, 0.1) is 0 Å². The number of thioether (sulfide) groups is 1. The minimum atomic E-state index is -0.132. The lowest BCUT2D eigenvalue weighted by Gasteiger charge is -2.13. The van der Waals surface area contributed by atoms with Gasteiger partial charge < -0.3 is 0 Å². The first-order valence-corrected chi connectivity index (χ1v) is 6.51. The summed E-state index contributed by atoms with van der Waals surface area (Å²) in [5.41, 5.74) is 2.23. The number of hydrogen-bond donors (Lipinski definition) is 0. The molecule has 0 saturated heterocycles. The number of rotatable bonds is 2. The van der Waals surface area contributed by atoms with Crippen LogP contribution in [-0.4, -0.2) is 16.7 Å². The van der Waals surface area contributed by atoms with E-state index >= 15 is 0 Å². The molecule has 0 radical (unpaired) electrons. The number of fused-ring (bicyclic) bond motifs is 1. The molecule has 0 unspecified atom stereocenters. The van der Waals surface area contributed by atoms with E-state index in [1.807, 2.05) is 0 Å². The standard InChI is InChI=1S/C14H12O3S/c1-8-5-13(16)11-4-3-10(7-18-9(2)15)6-12(11)14(8)17/h3-6H,7H2,1-2H3. The summed E-state index contributed by atoms with van der Waals surface area (Å²) < 4.78 is 0. The molecular formula is C14H12O3S. The quantitative estimate of drug-likeness (QED) is 0.820. The van der Waals surface area contributed by atoms with E-state index < -0.39 is 0 Å². The Morgan fingerprint density at radius 2 is 1.94 bits per heavy atom. The summed E-state index contributed by atoms with van der Waals surface area (Å²) in [6, 6.07) is 5.16. The predicted molar refractivity (Wildman–Crippen MR) is 70.8 cm³/mol. The van der Waals surface area contributed by atoms with Crippen LogP contribution in [0.15, 0.2) is 29.8 Å². The van der Waals surface area contributed by atoms with Crippen molar-refractivity contribution >= 4 is 28.4 Å². The van der Waals surface area contributed by atoms with E-state index in [2.05, 4.69) is 0 Å². The molecule has 92 valence electrons. The number of carbonyl (C=O) groups is 3. The van der Waals surface area contributed by atoms with Crippen molar-refractivity contribution in [1.82, 2.24) is 0 Å². The third-order valence-corrected chi connectivity index (χ3v) is 3.63. The van der Waals surface area contributed by atoms with E-state index in [0.29, 0.717) is 22.5 Å². The molecule has 4 heteroatoms. The van der Waals surface area contributed by atoms with Crippen LogP contribution in [0.1, 0.15) is 40.1 Å². The number of benzene rings is 1. The van der Waals surface area contributed by atoms with Gasteiger partial charge in [0.2, 0.25) is 0 Å². The minimum Gasteiger partial charge on any atom is -0.289 e. The van der Waals surface area contributed by atoms with Crippen LogP contribution in [0.5, 0.6) is 0 Å². The van der Waals surface area contributed by atoms with Gasteiger partial charge in [-0.15, -0.1) is 0 Å². The first kappa shape index (κ1) is 12.8. The van der Waals surface area contributed by atoms with Crippen molar-refractivity contribution in [2.24, 2.45) is 0 Å². The Kier molecular flexibility index (Phi) is 3.48. The molecule has 1 aliphatic rings. The number of allylic oxidation sites excluding steroid dienone is 2. The van der Waals surface area contributed by atoms with Gasteiger partial charge in [0.15, 0.2) is 16.7 Å². The zero-order valence-electron chi connectivity index (χ0n) is 10.1. The molecule has 2 rings (SSSR count). The first-order chi connectivity index (χ1) is 8.49. The number of hydrogen-bond acceptors (Lipinski definition) is 4. The second-order valence-electron chi connectivity index (χ2n) is 4.18. The van der Waals surface area contributed by atoms with E-state index in [9.17, 15) is 14.4 Å². The van der Waals surface area contributed by atoms with Gasteiger partial charge in [-0.05, 0) is 24.6 Å². The largest absolute Gasteiger partial charge is 0.289 e. The van der Waals surface area contributed by atoms with Crippen molar-refractivity contribution in [3.05, 3.63) is 46.5 Å². The highest BCUT2D eigenvalue weighted by Gasteiger charge is 2.23. The molecule has 1 aromatic carbocycles. The molecule has 0 N–H and O–H groups in total. The van der Waals surface area contributed by atoms with Gasteiger partial charge in [-0.1, -0.05) is 23.9 Å². The lowest BCUT2D eigenvalue weighted by molar-refractivity contribution is -0.109. The molecule has 0 amide bonds. The summed E-state index contributed by atoms with van der Waals surface area (Å²) in [7, 11) is 0. The van der Waals surface area contributed by atoms with Crippen LogP contribution in [0.3, 0.4) is 0 Å². The molecule has 18 heavy (non-hydrogen) atoms. The normalized spacial score (nSPS) is 14.2. The summed E-state index contributed by atoms with van der Waals surface area (Å²) >= 11 is 1.19. The average Bonchev–Trinajstić information content (AvgIpc) is 2.33. The van der Waals surface area contributed by atoms with Gasteiger partial charge >= 0.3 is 0 Å². The summed E-state index contributed by atoms with van der Waals surface area (Å²) in [6.45, 7) is 3.14. The maximum atomic E-state index is 12.0. The van der Waals surface area contributed by atoms with Crippen LogP contribution in [0.25, 0.3) is 0 Å². The first-order valence-electron chi connectivity index (χ1n) is 5.52. The third kappa shape index (κ3) is 2.43. The fraction of sp³-hybridized carbons (Fsp3) is 0.214. The van der Waals surface area contributed by atoms with Crippen molar-refractivity contribution in [1.29, 1.82) is 0 Å². The Morgan fingerprint density at radius 1 is 1.22 bits per heavy atom. The Hall–Kier alpha value is -1.68. The van der Waals surface area contributed by atoms with Crippen molar-refractivity contribution in [2.45, 2.75) is 19.6 Å². The van der Waals surface area contributed by atoms with Gasteiger partial charge in [0.25, 0.3) is 0 Å². The summed E-state index contributed by atoms with van der Waals surface area (Å²) in [5.74, 6) is 0.277. The maximum Gasteiger partial charge on any atom is 0.189 e. The molecule has 0 fully saturated rings. The van der Waals surface area contributed by atoms with Gasteiger partial charge in [-0.2, -0.15) is 0 Å². The topological polar surface area (TPSA) is 51.2 Å². The Bertz CT molecular complexity index is 585. The second kappa shape index (κ2) is 4.90. The van der Waals surface area contributed by atoms with Crippen molar-refractivity contribution in [2.75, 3.05) is 0 Å². The summed E-state index contributed by atoms with van der Waals surface area (Å²) in [5, 5.41) is 0.0335. The second-order valence-corrected chi connectivity index (χ2v) is 5.33. The molecule has 0 saturated carbocycles. The van der Waals surface area contributed by atoms with Gasteiger partial charge in [-0.25, -0.2) is 0 Å². The van der Waals surface area contributed by atoms with E-state index in [-0.39, 0.29) is 16.7 Å². The van der Waals surface area contributed by atoms with Crippen LogP contribution in [0.2, 0.25) is 0 Å². The van der Waals surface area contributed by atoms with E-state index in [1.165, 1.54) is 24.8 Å². The van der Waals surface area contributed by atoms with Crippen LogP contribution in [-0.2, 0) is 10.5 Å². The number of Topliss-reactive ketones (excluding diaryl/α,β-unsaturated/α-hetero) is 1. The highest BCUT2D eigenvalue weighted by Crippen LogP contribution is 2.24. The molecule has 0 heterocycles. The average molecular weight is 260 g/mol. The molecule has 0 bridgehead atoms. The van der Waals surface area contributed by atoms with Gasteiger partial charge in [0.1, 0.15) is 0 Å². The monoisotopic (exact) mass is 260 g/mol. The molecule has 0 aromatic heterocycles. The molecule has 3 nitrogen and oxygen atoms in total. The molecular weight excluding hydrogens is 248 g/mol. The van der Waals surface area contributed by atoms with Crippen LogP contribution < -0.4 is 0 Å². The minimum absolute atomic E-state index is 0.0335. The van der Waals surface area contributed by atoms with E-state index in [0.717, 1.165) is 5.56 Å². The highest BCUT2D eigenvalue weighted by molar-refractivity contribution is 8.12. The Morgan fingerprint density at radius 3 is 2.61 bits per heavy atom. The molecule has 0 spiro atoms. The van der Waals surface area contributed by atoms with Gasteiger partial charge in [-0.3, -0.25) is 14.4 Å². The van der Waals surface area contributed by atoms with Crippen LogP contribution >= 0.6 is 11.8 Å².